The smallest absolute Gasteiger partial charge is 0.231 e. The van der Waals surface area contributed by atoms with Crippen LogP contribution in [0.1, 0.15) is 16.9 Å². The first-order chi connectivity index (χ1) is 15.2. The summed E-state index contributed by atoms with van der Waals surface area (Å²) in [5.74, 6) is 1.49. The van der Waals surface area contributed by atoms with Gasteiger partial charge in [0.1, 0.15) is 10.0 Å². The van der Waals surface area contributed by atoms with Crippen LogP contribution >= 0.6 is 22.7 Å². The number of nitrogens with one attached hydrogen (secondary N) is 3. The molecule has 0 saturated heterocycles. The number of thiazole rings is 1. The fourth-order valence-electron chi connectivity index (χ4n) is 3.76. The van der Waals surface area contributed by atoms with Crippen molar-refractivity contribution in [1.29, 1.82) is 0 Å². The molecule has 0 fully saturated rings. The van der Waals surface area contributed by atoms with Gasteiger partial charge in [-0.1, -0.05) is 0 Å². The van der Waals surface area contributed by atoms with Crippen molar-refractivity contribution in [3.63, 3.8) is 0 Å². The summed E-state index contributed by atoms with van der Waals surface area (Å²) in [6.07, 6.45) is 1.33. The molecule has 0 atom stereocenters. The molecule has 0 radical (unpaired) electrons. The Morgan fingerprint density at radius 3 is 3.00 bits per heavy atom. The Morgan fingerprint density at radius 2 is 2.13 bits per heavy atom. The van der Waals surface area contributed by atoms with Crippen LogP contribution in [0.5, 0.6) is 11.5 Å². The van der Waals surface area contributed by atoms with Gasteiger partial charge in [-0.3, -0.25) is 4.79 Å². The minimum absolute atomic E-state index is 0.000361. The summed E-state index contributed by atoms with van der Waals surface area (Å²) in [5, 5.41) is 11.6. The molecule has 0 saturated carbocycles. The number of methoxy groups -OCH3 is 1. The lowest BCUT2D eigenvalue weighted by Gasteiger charge is -2.13. The summed E-state index contributed by atoms with van der Waals surface area (Å²) >= 11 is 3.27. The first kappa shape index (κ1) is 20.7. The number of nitrogens with zero attached hydrogens (tertiary/aromatic N) is 1. The highest BCUT2D eigenvalue weighted by molar-refractivity contribution is 7.23. The number of carbonyl (C=O) groups is 1. The minimum atomic E-state index is -0.000361. The molecular weight excluding hydrogens is 436 g/mol. The first-order valence-electron chi connectivity index (χ1n) is 10.3. The van der Waals surface area contributed by atoms with Gasteiger partial charge in [0.25, 0.3) is 0 Å². The van der Waals surface area contributed by atoms with Crippen molar-refractivity contribution < 1.29 is 19.0 Å². The van der Waals surface area contributed by atoms with E-state index in [9.17, 15) is 4.79 Å². The van der Waals surface area contributed by atoms with Crippen LogP contribution in [-0.4, -0.2) is 51.0 Å². The van der Waals surface area contributed by atoms with Gasteiger partial charge in [-0.25, -0.2) is 4.98 Å². The molecule has 4 heterocycles. The number of anilines is 1. The number of benzene rings is 1. The molecule has 31 heavy (non-hydrogen) atoms. The average molecular weight is 461 g/mol. The number of fused-ring (bicyclic) bond motifs is 3. The molecule has 0 spiro atoms. The van der Waals surface area contributed by atoms with Crippen LogP contribution in [0.15, 0.2) is 12.1 Å². The van der Waals surface area contributed by atoms with Gasteiger partial charge in [0.05, 0.1) is 16.8 Å². The Balaban J connectivity index is 1.42. The summed E-state index contributed by atoms with van der Waals surface area (Å²) in [6.45, 7) is 3.98. The summed E-state index contributed by atoms with van der Waals surface area (Å²) in [6, 6.07) is 3.92. The SMILES string of the molecule is COCCNCCC(=O)Nc1sc2c(c1-c1nc3cc4c(cc3s1)OCO4)CCNC2. The van der Waals surface area contributed by atoms with Crippen molar-refractivity contribution in [3.05, 3.63) is 22.6 Å². The van der Waals surface area contributed by atoms with Crippen LogP contribution in [0.25, 0.3) is 20.8 Å². The highest BCUT2D eigenvalue weighted by Gasteiger charge is 2.26. The molecule has 2 aliphatic rings. The van der Waals surface area contributed by atoms with Gasteiger partial charge in [-0.15, -0.1) is 22.7 Å². The number of aromatic nitrogens is 1. The number of carbonyl (C=O) groups excluding carboxylic acids is 1. The van der Waals surface area contributed by atoms with Gasteiger partial charge < -0.3 is 30.2 Å². The molecule has 2 aliphatic heterocycles. The number of amides is 1. The number of ether oxygens (including phenoxy) is 3. The van der Waals surface area contributed by atoms with Gasteiger partial charge >= 0.3 is 0 Å². The number of rotatable bonds is 8. The molecule has 0 unspecified atom stereocenters. The molecular formula is C21H24N4O4S2. The second kappa shape index (κ2) is 9.09. The van der Waals surface area contributed by atoms with E-state index in [2.05, 4.69) is 16.0 Å². The lowest BCUT2D eigenvalue weighted by atomic mass is 10.0. The van der Waals surface area contributed by atoms with E-state index in [1.165, 1.54) is 10.4 Å². The van der Waals surface area contributed by atoms with Crippen molar-refractivity contribution in [2.45, 2.75) is 19.4 Å². The van der Waals surface area contributed by atoms with Crippen LogP contribution in [0, 0.1) is 0 Å². The monoisotopic (exact) mass is 460 g/mol. The Kier molecular flexibility index (Phi) is 6.06. The van der Waals surface area contributed by atoms with Crippen molar-refractivity contribution in [2.75, 3.05) is 45.5 Å². The maximum absolute atomic E-state index is 12.6. The summed E-state index contributed by atoms with van der Waals surface area (Å²) in [7, 11) is 1.67. The third-order valence-corrected chi connectivity index (χ3v) is 7.47. The van der Waals surface area contributed by atoms with Crippen LogP contribution in [0.3, 0.4) is 0 Å². The highest BCUT2D eigenvalue weighted by atomic mass is 32.1. The van der Waals surface area contributed by atoms with E-state index >= 15 is 0 Å². The Hall–Kier alpha value is -2.24. The van der Waals surface area contributed by atoms with E-state index < -0.39 is 0 Å². The molecule has 2 aromatic heterocycles. The third-order valence-electron chi connectivity index (χ3n) is 5.29. The van der Waals surface area contributed by atoms with Crippen molar-refractivity contribution in [1.82, 2.24) is 15.6 Å². The zero-order valence-corrected chi connectivity index (χ0v) is 18.8. The van der Waals surface area contributed by atoms with Crippen LogP contribution in [0.2, 0.25) is 0 Å². The van der Waals surface area contributed by atoms with E-state index in [1.807, 2.05) is 12.1 Å². The van der Waals surface area contributed by atoms with Crippen molar-refractivity contribution in [2.24, 2.45) is 0 Å². The van der Waals surface area contributed by atoms with Gasteiger partial charge in [0.15, 0.2) is 11.5 Å². The second-order valence-electron chi connectivity index (χ2n) is 7.37. The molecule has 0 aliphatic carbocycles. The number of thiophene rings is 1. The van der Waals surface area contributed by atoms with Crippen LogP contribution in [-0.2, 0) is 22.5 Å². The van der Waals surface area contributed by atoms with Crippen LogP contribution in [0.4, 0.5) is 5.00 Å². The first-order valence-corrected chi connectivity index (χ1v) is 11.9. The predicted molar refractivity (Wildman–Crippen MR) is 122 cm³/mol. The van der Waals surface area contributed by atoms with Crippen molar-refractivity contribution in [3.8, 4) is 22.1 Å². The normalized spacial score (nSPS) is 14.7. The van der Waals surface area contributed by atoms with E-state index in [0.29, 0.717) is 19.6 Å². The minimum Gasteiger partial charge on any atom is -0.454 e. The molecule has 0 bridgehead atoms. The maximum Gasteiger partial charge on any atom is 0.231 e. The summed E-state index contributed by atoms with van der Waals surface area (Å²) < 4.78 is 17.1. The number of hydrogen-bond acceptors (Lipinski definition) is 9. The number of hydrogen-bond donors (Lipinski definition) is 3. The topological polar surface area (TPSA) is 93.7 Å². The van der Waals surface area contributed by atoms with Gasteiger partial charge in [-0.05, 0) is 18.5 Å². The standard InChI is InChI=1S/C21H24N4O4S2/c1-27-7-6-22-5-3-18(26)25-21-19(12-2-4-23-10-17(12)31-21)20-24-13-8-14-15(29-11-28-14)9-16(13)30-20/h8-9,22-23H,2-7,10-11H2,1H3,(H,25,26). The fraction of sp³-hybridized carbons (Fsp3) is 0.429. The average Bonchev–Trinajstić information content (AvgIpc) is 3.47. The third kappa shape index (κ3) is 4.26. The maximum atomic E-state index is 12.6. The van der Waals surface area contributed by atoms with Gasteiger partial charge in [0, 0.05) is 55.7 Å². The second-order valence-corrected chi connectivity index (χ2v) is 9.50. The summed E-state index contributed by atoms with van der Waals surface area (Å²) in [5.41, 5.74) is 3.24. The Morgan fingerprint density at radius 1 is 1.26 bits per heavy atom. The lowest BCUT2D eigenvalue weighted by Crippen LogP contribution is -2.24. The lowest BCUT2D eigenvalue weighted by molar-refractivity contribution is -0.116. The summed E-state index contributed by atoms with van der Waals surface area (Å²) in [4.78, 5) is 18.8. The van der Waals surface area contributed by atoms with Crippen molar-refractivity contribution >= 4 is 43.8 Å². The zero-order valence-electron chi connectivity index (χ0n) is 17.2. The fourth-order valence-corrected chi connectivity index (χ4v) is 6.12. The Bertz CT molecular complexity index is 1070. The highest BCUT2D eigenvalue weighted by Crippen LogP contribution is 2.46. The zero-order chi connectivity index (χ0) is 21.2. The van der Waals surface area contributed by atoms with Crippen LogP contribution < -0.4 is 25.4 Å². The van der Waals surface area contributed by atoms with E-state index in [4.69, 9.17) is 19.2 Å². The predicted octanol–water partition coefficient (Wildman–Crippen LogP) is 2.96. The Labute approximate surface area is 187 Å². The largest absolute Gasteiger partial charge is 0.454 e. The molecule has 1 amide bonds. The molecule has 10 heteroatoms. The molecule has 1 aromatic carbocycles. The quantitative estimate of drug-likeness (QED) is 0.445. The molecule has 164 valence electrons. The van der Waals surface area contributed by atoms with E-state index in [0.717, 1.165) is 63.3 Å². The molecule has 3 aromatic rings. The molecule has 8 nitrogen and oxygen atoms in total. The van der Waals surface area contributed by atoms with E-state index in [-0.39, 0.29) is 12.7 Å². The molecule has 3 N–H and O–H groups in total. The van der Waals surface area contributed by atoms with E-state index in [1.54, 1.807) is 29.8 Å². The van der Waals surface area contributed by atoms with Gasteiger partial charge in [-0.2, -0.15) is 0 Å². The molecule has 5 rings (SSSR count). The van der Waals surface area contributed by atoms with Gasteiger partial charge in [0.2, 0.25) is 12.7 Å².